The molecule has 0 radical (unpaired) electrons. The van der Waals surface area contributed by atoms with Crippen LogP contribution >= 0.6 is 11.8 Å². The average molecular weight is 491 g/mol. The van der Waals surface area contributed by atoms with Crippen molar-refractivity contribution in [3.8, 4) is 11.4 Å². The smallest absolute Gasteiger partial charge is 0.243 e. The monoisotopic (exact) mass is 490 g/mol. The Morgan fingerprint density at radius 2 is 1.79 bits per heavy atom. The number of hydrogen-bond donors (Lipinski definition) is 2. The van der Waals surface area contributed by atoms with E-state index in [1.54, 1.807) is 37.3 Å². The van der Waals surface area contributed by atoms with E-state index in [2.05, 4.69) is 15.5 Å². The molecule has 0 spiro atoms. The maximum atomic E-state index is 14.0. The molecule has 3 aromatic rings. The Hall–Kier alpha value is -2.96. The summed E-state index contributed by atoms with van der Waals surface area (Å²) in [6.07, 6.45) is 1.72. The van der Waals surface area contributed by atoms with Crippen LogP contribution in [0.1, 0.15) is 19.8 Å². The van der Waals surface area contributed by atoms with Crippen LogP contribution in [0.15, 0.2) is 58.6 Å². The quantitative estimate of drug-likeness (QED) is 0.386. The van der Waals surface area contributed by atoms with E-state index < -0.39 is 21.1 Å². The van der Waals surface area contributed by atoms with Gasteiger partial charge in [-0.05, 0) is 56.2 Å². The molecular formula is C21H23FN6O3S2. The molecule has 2 heterocycles. The van der Waals surface area contributed by atoms with Gasteiger partial charge in [0, 0.05) is 18.8 Å². The molecule has 0 saturated carbocycles. The molecule has 1 atom stereocenters. The summed E-state index contributed by atoms with van der Waals surface area (Å²) in [6, 6.07) is 12.1. The summed E-state index contributed by atoms with van der Waals surface area (Å²) in [5, 5.41) is 10.3. The molecular weight excluding hydrogens is 467 g/mol. The lowest BCUT2D eigenvalue weighted by molar-refractivity contribution is -0.115. The Bertz CT molecular complexity index is 1260. The molecule has 0 unspecified atom stereocenters. The first-order valence-electron chi connectivity index (χ1n) is 10.3. The minimum Gasteiger partial charge on any atom is -0.335 e. The van der Waals surface area contributed by atoms with Crippen LogP contribution in [-0.4, -0.2) is 51.8 Å². The minimum absolute atomic E-state index is 0.151. The summed E-state index contributed by atoms with van der Waals surface area (Å²) in [6.45, 7) is 2.73. The third kappa shape index (κ3) is 4.87. The van der Waals surface area contributed by atoms with Crippen LogP contribution in [0.3, 0.4) is 0 Å². The van der Waals surface area contributed by atoms with Crippen molar-refractivity contribution < 1.29 is 17.6 Å². The van der Waals surface area contributed by atoms with E-state index in [1.807, 2.05) is 0 Å². The van der Waals surface area contributed by atoms with Crippen LogP contribution in [0.5, 0.6) is 0 Å². The first-order chi connectivity index (χ1) is 15.8. The normalized spacial score (nSPS) is 15.5. The molecule has 174 valence electrons. The largest absolute Gasteiger partial charge is 0.335 e. The highest BCUT2D eigenvalue weighted by atomic mass is 32.2. The maximum absolute atomic E-state index is 14.0. The van der Waals surface area contributed by atoms with Gasteiger partial charge in [-0.25, -0.2) is 17.5 Å². The zero-order valence-corrected chi connectivity index (χ0v) is 19.4. The SMILES string of the molecule is C[C@H](Sc1nnc(-c2ccccc2F)n1N)C(=O)Nc1ccc(S(=O)(=O)N2CCCC2)cc1. The number of aromatic nitrogens is 3. The summed E-state index contributed by atoms with van der Waals surface area (Å²) in [4.78, 5) is 12.8. The van der Waals surface area contributed by atoms with Gasteiger partial charge in [-0.15, -0.1) is 10.2 Å². The molecule has 1 aromatic heterocycles. The number of sulfonamides is 1. The minimum atomic E-state index is -3.51. The van der Waals surface area contributed by atoms with Gasteiger partial charge in [0.2, 0.25) is 21.1 Å². The summed E-state index contributed by atoms with van der Waals surface area (Å²) in [5.74, 6) is 5.37. The topological polar surface area (TPSA) is 123 Å². The lowest BCUT2D eigenvalue weighted by Crippen LogP contribution is -2.28. The van der Waals surface area contributed by atoms with Crippen molar-refractivity contribution in [3.05, 3.63) is 54.3 Å². The molecule has 1 aliphatic rings. The zero-order valence-electron chi connectivity index (χ0n) is 17.8. The van der Waals surface area contributed by atoms with Crippen molar-refractivity contribution in [3.63, 3.8) is 0 Å². The van der Waals surface area contributed by atoms with Crippen molar-refractivity contribution in [2.45, 2.75) is 35.1 Å². The number of hydrogen-bond acceptors (Lipinski definition) is 7. The maximum Gasteiger partial charge on any atom is 0.243 e. The molecule has 33 heavy (non-hydrogen) atoms. The van der Waals surface area contributed by atoms with Gasteiger partial charge in [0.05, 0.1) is 15.7 Å². The molecule has 0 bridgehead atoms. The van der Waals surface area contributed by atoms with Gasteiger partial charge < -0.3 is 11.2 Å². The van der Waals surface area contributed by atoms with E-state index in [0.29, 0.717) is 18.8 Å². The first kappa shape index (κ1) is 23.2. The molecule has 2 aromatic carbocycles. The van der Waals surface area contributed by atoms with Gasteiger partial charge in [-0.1, -0.05) is 23.9 Å². The lowest BCUT2D eigenvalue weighted by atomic mass is 10.2. The lowest BCUT2D eigenvalue weighted by Gasteiger charge is -2.16. The van der Waals surface area contributed by atoms with E-state index in [9.17, 15) is 17.6 Å². The van der Waals surface area contributed by atoms with Crippen molar-refractivity contribution in [1.29, 1.82) is 0 Å². The number of benzene rings is 2. The van der Waals surface area contributed by atoms with Crippen molar-refractivity contribution in [2.24, 2.45) is 0 Å². The summed E-state index contributed by atoms with van der Waals surface area (Å²) < 4.78 is 41.9. The molecule has 4 rings (SSSR count). The van der Waals surface area contributed by atoms with Crippen LogP contribution in [-0.2, 0) is 14.8 Å². The van der Waals surface area contributed by atoms with Crippen LogP contribution in [0.2, 0.25) is 0 Å². The molecule has 1 saturated heterocycles. The van der Waals surface area contributed by atoms with Crippen molar-refractivity contribution in [2.75, 3.05) is 24.2 Å². The van der Waals surface area contributed by atoms with E-state index in [1.165, 1.54) is 22.5 Å². The van der Waals surface area contributed by atoms with Gasteiger partial charge in [0.1, 0.15) is 5.82 Å². The summed E-state index contributed by atoms with van der Waals surface area (Å²) in [5.41, 5.74) is 0.675. The third-order valence-corrected chi connectivity index (χ3v) is 8.23. The highest BCUT2D eigenvalue weighted by molar-refractivity contribution is 8.00. The standard InChI is InChI=1S/C21H23FN6O3S2/c1-14(32-21-26-25-19(28(21)23)17-6-2-3-7-18(17)22)20(29)24-15-8-10-16(11-9-15)33(30,31)27-12-4-5-13-27/h2-3,6-11,14H,4-5,12-13,23H2,1H3,(H,24,29)/t14-/m0/s1. The van der Waals surface area contributed by atoms with Gasteiger partial charge in [0.15, 0.2) is 5.82 Å². The number of anilines is 1. The van der Waals surface area contributed by atoms with Crippen LogP contribution in [0, 0.1) is 5.82 Å². The van der Waals surface area contributed by atoms with E-state index >= 15 is 0 Å². The molecule has 3 N–H and O–H groups in total. The fourth-order valence-electron chi connectivity index (χ4n) is 3.43. The molecule has 1 amide bonds. The number of halogens is 1. The van der Waals surface area contributed by atoms with Gasteiger partial charge >= 0.3 is 0 Å². The number of nitrogen functional groups attached to an aromatic ring is 1. The first-order valence-corrected chi connectivity index (χ1v) is 12.6. The molecule has 0 aliphatic carbocycles. The Morgan fingerprint density at radius 1 is 1.12 bits per heavy atom. The third-order valence-electron chi connectivity index (χ3n) is 5.26. The number of amides is 1. The number of thioether (sulfide) groups is 1. The van der Waals surface area contributed by atoms with E-state index in [-0.39, 0.29) is 27.3 Å². The highest BCUT2D eigenvalue weighted by Crippen LogP contribution is 2.27. The number of carbonyl (C=O) groups excluding carboxylic acids is 1. The Morgan fingerprint density at radius 3 is 2.45 bits per heavy atom. The predicted molar refractivity (Wildman–Crippen MR) is 124 cm³/mol. The Balaban J connectivity index is 1.41. The Labute approximate surface area is 195 Å². The Kier molecular flexibility index (Phi) is 6.68. The highest BCUT2D eigenvalue weighted by Gasteiger charge is 2.27. The second-order valence-corrected chi connectivity index (χ2v) is 10.8. The van der Waals surface area contributed by atoms with Crippen molar-refractivity contribution >= 4 is 33.4 Å². The predicted octanol–water partition coefficient (Wildman–Crippen LogP) is 2.70. The fraction of sp³-hybridized carbons (Fsp3) is 0.286. The van der Waals surface area contributed by atoms with Gasteiger partial charge in [-0.2, -0.15) is 4.31 Å². The second kappa shape index (κ2) is 9.49. The van der Waals surface area contributed by atoms with E-state index in [0.717, 1.165) is 29.3 Å². The number of carbonyl (C=O) groups is 1. The molecule has 1 aliphatic heterocycles. The summed E-state index contributed by atoms with van der Waals surface area (Å²) >= 11 is 1.07. The molecule has 1 fully saturated rings. The van der Waals surface area contributed by atoms with E-state index in [4.69, 9.17) is 5.84 Å². The zero-order chi connectivity index (χ0) is 23.6. The number of nitrogens with zero attached hydrogens (tertiary/aromatic N) is 4. The molecule has 9 nitrogen and oxygen atoms in total. The van der Waals surface area contributed by atoms with Crippen LogP contribution < -0.4 is 11.2 Å². The van der Waals surface area contributed by atoms with Crippen LogP contribution in [0.4, 0.5) is 10.1 Å². The number of nitrogens with one attached hydrogen (secondary N) is 1. The average Bonchev–Trinajstić information content (AvgIpc) is 3.46. The van der Waals surface area contributed by atoms with Crippen LogP contribution in [0.25, 0.3) is 11.4 Å². The number of nitrogens with two attached hydrogens (primary N) is 1. The second-order valence-electron chi connectivity index (χ2n) is 7.54. The number of rotatable bonds is 7. The van der Waals surface area contributed by atoms with Gasteiger partial charge in [-0.3, -0.25) is 4.79 Å². The van der Waals surface area contributed by atoms with Crippen molar-refractivity contribution in [1.82, 2.24) is 19.2 Å². The van der Waals surface area contributed by atoms with Gasteiger partial charge in [0.25, 0.3) is 0 Å². The molecule has 12 heteroatoms. The fourth-order valence-corrected chi connectivity index (χ4v) is 5.71. The summed E-state index contributed by atoms with van der Waals surface area (Å²) in [7, 11) is -3.51.